The zero-order valence-corrected chi connectivity index (χ0v) is 15.0. The van der Waals surface area contributed by atoms with Crippen LogP contribution in [0, 0.1) is 0 Å². The van der Waals surface area contributed by atoms with Gasteiger partial charge in [-0.05, 0) is 43.2 Å². The van der Waals surface area contributed by atoms with Gasteiger partial charge in [0, 0.05) is 43.9 Å². The van der Waals surface area contributed by atoms with Gasteiger partial charge in [0.1, 0.15) is 0 Å². The lowest BCUT2D eigenvalue weighted by molar-refractivity contribution is 0.102. The normalized spacial score (nSPS) is 14.8. The lowest BCUT2D eigenvalue weighted by atomic mass is 9.95. The molecule has 25 heavy (non-hydrogen) atoms. The number of carbonyl (C=O) groups is 1. The number of hydrogen-bond acceptors (Lipinski definition) is 4. The van der Waals surface area contributed by atoms with Crippen LogP contribution in [-0.4, -0.2) is 31.0 Å². The molecule has 0 aliphatic heterocycles. The second-order valence-electron chi connectivity index (χ2n) is 6.84. The van der Waals surface area contributed by atoms with Crippen molar-refractivity contribution in [3.63, 3.8) is 0 Å². The molecule has 1 aliphatic rings. The number of benzene rings is 1. The van der Waals surface area contributed by atoms with Crippen LogP contribution in [0.1, 0.15) is 42.5 Å². The SMILES string of the molecule is CN(C)c1ccc(NC(=O)c2cncc(NC3CCCCC3)c2)cc1. The first-order valence-corrected chi connectivity index (χ1v) is 8.92. The molecule has 1 fully saturated rings. The van der Waals surface area contributed by atoms with Gasteiger partial charge in [0.15, 0.2) is 0 Å². The maximum Gasteiger partial charge on any atom is 0.257 e. The highest BCUT2D eigenvalue weighted by atomic mass is 16.1. The monoisotopic (exact) mass is 338 g/mol. The van der Waals surface area contributed by atoms with Gasteiger partial charge in [-0.15, -0.1) is 0 Å². The van der Waals surface area contributed by atoms with Crippen LogP contribution >= 0.6 is 0 Å². The summed E-state index contributed by atoms with van der Waals surface area (Å²) in [6.07, 6.45) is 9.64. The molecule has 3 rings (SSSR count). The van der Waals surface area contributed by atoms with Crippen molar-refractivity contribution >= 4 is 23.0 Å². The van der Waals surface area contributed by atoms with Gasteiger partial charge in [-0.1, -0.05) is 19.3 Å². The van der Waals surface area contributed by atoms with Crippen molar-refractivity contribution in [2.24, 2.45) is 0 Å². The summed E-state index contributed by atoms with van der Waals surface area (Å²) in [5, 5.41) is 6.44. The molecule has 1 aromatic carbocycles. The first-order chi connectivity index (χ1) is 12.1. The summed E-state index contributed by atoms with van der Waals surface area (Å²) in [5.74, 6) is -0.141. The summed E-state index contributed by atoms with van der Waals surface area (Å²) >= 11 is 0. The number of nitrogens with zero attached hydrogens (tertiary/aromatic N) is 2. The largest absolute Gasteiger partial charge is 0.381 e. The summed E-state index contributed by atoms with van der Waals surface area (Å²) < 4.78 is 0. The minimum Gasteiger partial charge on any atom is -0.381 e. The highest BCUT2D eigenvalue weighted by Crippen LogP contribution is 2.22. The number of carbonyl (C=O) groups excluding carboxylic acids is 1. The van der Waals surface area contributed by atoms with Crippen LogP contribution in [0.15, 0.2) is 42.7 Å². The van der Waals surface area contributed by atoms with E-state index < -0.39 is 0 Å². The average Bonchev–Trinajstić information content (AvgIpc) is 2.63. The molecule has 0 unspecified atom stereocenters. The van der Waals surface area contributed by atoms with Gasteiger partial charge in [0.2, 0.25) is 0 Å². The van der Waals surface area contributed by atoms with E-state index in [1.54, 1.807) is 12.4 Å². The zero-order valence-electron chi connectivity index (χ0n) is 15.0. The lowest BCUT2D eigenvalue weighted by Gasteiger charge is -2.23. The molecule has 2 N–H and O–H groups in total. The predicted molar refractivity (Wildman–Crippen MR) is 103 cm³/mol. The van der Waals surface area contributed by atoms with Crippen LogP contribution in [0.4, 0.5) is 17.1 Å². The number of anilines is 3. The van der Waals surface area contributed by atoms with Gasteiger partial charge < -0.3 is 15.5 Å². The average molecular weight is 338 g/mol. The van der Waals surface area contributed by atoms with Crippen LogP contribution in [0.5, 0.6) is 0 Å². The molecule has 0 spiro atoms. The first-order valence-electron chi connectivity index (χ1n) is 8.92. The van der Waals surface area contributed by atoms with Crippen molar-refractivity contribution in [1.82, 2.24) is 4.98 Å². The fourth-order valence-electron chi connectivity index (χ4n) is 3.17. The van der Waals surface area contributed by atoms with Gasteiger partial charge in [0.25, 0.3) is 5.91 Å². The van der Waals surface area contributed by atoms with Crippen molar-refractivity contribution in [1.29, 1.82) is 0 Å². The Bertz CT molecular complexity index is 706. The number of aromatic nitrogens is 1. The molecule has 1 aromatic heterocycles. The Labute approximate surface area is 149 Å². The van der Waals surface area contributed by atoms with Crippen LogP contribution < -0.4 is 15.5 Å². The van der Waals surface area contributed by atoms with E-state index in [4.69, 9.17) is 0 Å². The van der Waals surface area contributed by atoms with Crippen LogP contribution in [0.3, 0.4) is 0 Å². The van der Waals surface area contributed by atoms with Crippen molar-refractivity contribution in [3.05, 3.63) is 48.3 Å². The van der Waals surface area contributed by atoms with Gasteiger partial charge in [-0.2, -0.15) is 0 Å². The second kappa shape index (κ2) is 8.01. The van der Waals surface area contributed by atoms with E-state index in [9.17, 15) is 4.79 Å². The minimum absolute atomic E-state index is 0.141. The van der Waals surface area contributed by atoms with E-state index in [2.05, 4.69) is 15.6 Å². The Morgan fingerprint density at radius 3 is 2.44 bits per heavy atom. The summed E-state index contributed by atoms with van der Waals surface area (Å²) in [6, 6.07) is 10.2. The topological polar surface area (TPSA) is 57.3 Å². The summed E-state index contributed by atoms with van der Waals surface area (Å²) in [7, 11) is 3.98. The van der Waals surface area contributed by atoms with E-state index >= 15 is 0 Å². The molecule has 0 atom stereocenters. The maximum atomic E-state index is 12.5. The predicted octanol–water partition coefficient (Wildman–Crippen LogP) is 4.14. The smallest absolute Gasteiger partial charge is 0.257 e. The molecular formula is C20H26N4O. The lowest BCUT2D eigenvalue weighted by Crippen LogP contribution is -2.22. The Morgan fingerprint density at radius 2 is 1.76 bits per heavy atom. The van der Waals surface area contributed by atoms with Gasteiger partial charge in [-0.25, -0.2) is 0 Å². The summed E-state index contributed by atoms with van der Waals surface area (Å²) in [5.41, 5.74) is 3.36. The molecule has 0 radical (unpaired) electrons. The minimum atomic E-state index is -0.141. The van der Waals surface area contributed by atoms with Gasteiger partial charge in [-0.3, -0.25) is 9.78 Å². The highest BCUT2D eigenvalue weighted by molar-refractivity contribution is 6.04. The summed E-state index contributed by atoms with van der Waals surface area (Å²) in [6.45, 7) is 0. The third-order valence-corrected chi connectivity index (χ3v) is 4.62. The molecule has 5 heteroatoms. The van der Waals surface area contributed by atoms with Gasteiger partial charge >= 0.3 is 0 Å². The van der Waals surface area contributed by atoms with Crippen molar-refractivity contribution in [2.45, 2.75) is 38.1 Å². The Morgan fingerprint density at radius 1 is 1.04 bits per heavy atom. The Kier molecular flexibility index (Phi) is 5.53. The molecule has 1 heterocycles. The zero-order chi connectivity index (χ0) is 17.6. The molecule has 0 bridgehead atoms. The van der Waals surface area contributed by atoms with Crippen molar-refractivity contribution in [3.8, 4) is 0 Å². The third kappa shape index (κ3) is 4.72. The molecular weight excluding hydrogens is 312 g/mol. The second-order valence-corrected chi connectivity index (χ2v) is 6.84. The number of hydrogen-bond donors (Lipinski definition) is 2. The standard InChI is InChI=1S/C20H26N4O/c1-24(2)19-10-8-17(9-11-19)23-20(25)15-12-18(14-21-13-15)22-16-6-4-3-5-7-16/h8-14,16,22H,3-7H2,1-2H3,(H,23,25). The number of pyridine rings is 1. The van der Waals surface area contributed by atoms with Crippen LogP contribution in [0.2, 0.25) is 0 Å². The molecule has 1 amide bonds. The molecule has 0 saturated heterocycles. The fourth-order valence-corrected chi connectivity index (χ4v) is 3.17. The number of amides is 1. The summed E-state index contributed by atoms with van der Waals surface area (Å²) in [4.78, 5) is 18.7. The molecule has 1 aliphatic carbocycles. The molecule has 1 saturated carbocycles. The highest BCUT2D eigenvalue weighted by Gasteiger charge is 2.14. The van der Waals surface area contributed by atoms with E-state index in [0.29, 0.717) is 11.6 Å². The fraction of sp³-hybridized carbons (Fsp3) is 0.400. The number of rotatable bonds is 5. The Balaban J connectivity index is 1.64. The van der Waals surface area contributed by atoms with E-state index in [-0.39, 0.29) is 5.91 Å². The van der Waals surface area contributed by atoms with Crippen LogP contribution in [0.25, 0.3) is 0 Å². The van der Waals surface area contributed by atoms with E-state index in [0.717, 1.165) is 17.1 Å². The van der Waals surface area contributed by atoms with Crippen molar-refractivity contribution < 1.29 is 4.79 Å². The molecule has 132 valence electrons. The number of nitrogens with one attached hydrogen (secondary N) is 2. The molecule has 5 nitrogen and oxygen atoms in total. The van der Waals surface area contributed by atoms with Crippen LogP contribution in [-0.2, 0) is 0 Å². The van der Waals surface area contributed by atoms with Crippen molar-refractivity contribution in [2.75, 3.05) is 29.6 Å². The quantitative estimate of drug-likeness (QED) is 0.860. The third-order valence-electron chi connectivity index (χ3n) is 4.62. The van der Waals surface area contributed by atoms with Gasteiger partial charge in [0.05, 0.1) is 11.3 Å². The maximum absolute atomic E-state index is 12.5. The van der Waals surface area contributed by atoms with E-state index in [1.807, 2.05) is 49.3 Å². The first kappa shape index (κ1) is 17.3. The molecule has 2 aromatic rings. The van der Waals surface area contributed by atoms with E-state index in [1.165, 1.54) is 32.1 Å². The Hall–Kier alpha value is -2.56.